The van der Waals surface area contributed by atoms with Gasteiger partial charge < -0.3 is 4.90 Å². The van der Waals surface area contributed by atoms with E-state index >= 15 is 0 Å². The first-order valence-electron chi connectivity index (χ1n) is 9.15. The number of rotatable bonds is 7. The number of carbonyl (C=O) groups excluding carboxylic acids is 1. The van der Waals surface area contributed by atoms with Gasteiger partial charge in [-0.15, -0.1) is 24.2 Å². The molecule has 0 saturated carbocycles. The summed E-state index contributed by atoms with van der Waals surface area (Å²) in [6.45, 7) is 5.40. The Morgan fingerprint density at radius 2 is 1.97 bits per heavy atom. The van der Waals surface area contributed by atoms with Crippen molar-refractivity contribution < 1.29 is 4.79 Å². The molecule has 2 aromatic carbocycles. The van der Waals surface area contributed by atoms with Crippen molar-refractivity contribution in [3.8, 4) is 0 Å². The summed E-state index contributed by atoms with van der Waals surface area (Å²) in [5.74, 6) is 0.947. The number of anilines is 1. The first kappa shape index (κ1) is 24.0. The summed E-state index contributed by atoms with van der Waals surface area (Å²) in [4.78, 5) is 23.1. The maximum atomic E-state index is 13.4. The van der Waals surface area contributed by atoms with Gasteiger partial charge in [0.15, 0.2) is 5.13 Å². The summed E-state index contributed by atoms with van der Waals surface area (Å²) in [6, 6.07) is 11.7. The maximum Gasteiger partial charge on any atom is 0.260 e. The molecule has 3 rings (SSSR count). The largest absolute Gasteiger partial charge is 0.308 e. The Labute approximate surface area is 191 Å². The minimum Gasteiger partial charge on any atom is -0.308 e. The SMILES string of the molecule is CCSc1cccc(C(=O)N(CCN(C)C)c2nc3c(C)c(Cl)ccc3s2)c1.Cl. The molecule has 1 heterocycles. The molecule has 0 aliphatic heterocycles. The number of thiazole rings is 1. The Morgan fingerprint density at radius 1 is 1.21 bits per heavy atom. The molecular weight excluding hydrogens is 445 g/mol. The number of benzene rings is 2. The highest BCUT2D eigenvalue weighted by atomic mass is 35.5. The first-order valence-corrected chi connectivity index (χ1v) is 11.3. The standard InChI is InChI=1S/C21H24ClN3OS2.ClH/c1-5-27-16-8-6-7-15(13-16)20(26)25(12-11-24(3)4)21-23-19-14(2)17(22)9-10-18(19)28-21;/h6-10,13H,5,11-12H2,1-4H3;1H. The molecule has 0 N–H and O–H groups in total. The lowest BCUT2D eigenvalue weighted by Gasteiger charge is -2.22. The van der Waals surface area contributed by atoms with Gasteiger partial charge in [-0.05, 0) is 62.7 Å². The number of carbonyl (C=O) groups is 1. The summed E-state index contributed by atoms with van der Waals surface area (Å²) in [5, 5.41) is 1.40. The number of nitrogens with zero attached hydrogens (tertiary/aromatic N) is 3. The van der Waals surface area contributed by atoms with Gasteiger partial charge in [-0.1, -0.05) is 35.9 Å². The van der Waals surface area contributed by atoms with E-state index in [0.29, 0.717) is 22.3 Å². The van der Waals surface area contributed by atoms with Gasteiger partial charge in [0.2, 0.25) is 0 Å². The number of aromatic nitrogens is 1. The van der Waals surface area contributed by atoms with Gasteiger partial charge in [-0.25, -0.2) is 4.98 Å². The van der Waals surface area contributed by atoms with Crippen molar-refractivity contribution >= 4 is 68.4 Å². The zero-order chi connectivity index (χ0) is 20.3. The van der Waals surface area contributed by atoms with Crippen LogP contribution in [0.5, 0.6) is 0 Å². The molecule has 29 heavy (non-hydrogen) atoms. The summed E-state index contributed by atoms with van der Waals surface area (Å²) >= 11 is 9.52. The van der Waals surface area contributed by atoms with E-state index in [1.54, 1.807) is 16.7 Å². The molecule has 0 spiro atoms. The summed E-state index contributed by atoms with van der Waals surface area (Å²) in [6.07, 6.45) is 0. The van der Waals surface area contributed by atoms with Gasteiger partial charge in [0.05, 0.1) is 10.2 Å². The Morgan fingerprint density at radius 3 is 2.66 bits per heavy atom. The van der Waals surface area contributed by atoms with Crippen molar-refractivity contribution in [1.29, 1.82) is 0 Å². The predicted octanol–water partition coefficient (Wildman–Crippen LogP) is 6.00. The van der Waals surface area contributed by atoms with Crippen LogP contribution in [0.4, 0.5) is 5.13 Å². The van der Waals surface area contributed by atoms with E-state index in [2.05, 4.69) is 11.8 Å². The fourth-order valence-corrected chi connectivity index (χ4v) is 4.75. The van der Waals surface area contributed by atoms with E-state index in [-0.39, 0.29) is 18.3 Å². The van der Waals surface area contributed by atoms with Gasteiger partial charge >= 0.3 is 0 Å². The first-order chi connectivity index (χ1) is 13.4. The third-order valence-corrected chi connectivity index (χ3v) is 6.70. The Kier molecular flexibility index (Phi) is 8.79. The van der Waals surface area contributed by atoms with E-state index < -0.39 is 0 Å². The number of hydrogen-bond acceptors (Lipinski definition) is 5. The van der Waals surface area contributed by atoms with E-state index in [1.165, 1.54) is 11.3 Å². The molecule has 0 bridgehead atoms. The molecule has 0 atom stereocenters. The van der Waals surface area contributed by atoms with Gasteiger partial charge in [0.1, 0.15) is 0 Å². The third kappa shape index (κ3) is 5.64. The highest BCUT2D eigenvalue weighted by molar-refractivity contribution is 7.99. The molecular formula is C21H25Cl2N3OS2. The van der Waals surface area contributed by atoms with Crippen LogP contribution >= 0.6 is 47.1 Å². The summed E-state index contributed by atoms with van der Waals surface area (Å²) < 4.78 is 1.04. The van der Waals surface area contributed by atoms with Crippen molar-refractivity contribution in [2.24, 2.45) is 0 Å². The van der Waals surface area contributed by atoms with Crippen LogP contribution in [-0.2, 0) is 0 Å². The molecule has 0 fully saturated rings. The second kappa shape index (κ2) is 10.6. The van der Waals surface area contributed by atoms with E-state index in [4.69, 9.17) is 16.6 Å². The number of hydrogen-bond donors (Lipinski definition) is 0. The summed E-state index contributed by atoms with van der Waals surface area (Å²) in [5.41, 5.74) is 2.50. The van der Waals surface area contributed by atoms with Crippen LogP contribution in [0, 0.1) is 6.92 Å². The number of thioether (sulfide) groups is 1. The number of halogens is 2. The van der Waals surface area contributed by atoms with Crippen molar-refractivity contribution in [1.82, 2.24) is 9.88 Å². The van der Waals surface area contributed by atoms with Crippen LogP contribution in [0.1, 0.15) is 22.8 Å². The van der Waals surface area contributed by atoms with Crippen LogP contribution in [-0.4, -0.2) is 48.7 Å². The normalized spacial score (nSPS) is 11.0. The van der Waals surface area contributed by atoms with Crippen molar-refractivity contribution in [2.75, 3.05) is 37.8 Å². The number of likely N-dealkylation sites (N-methyl/N-ethyl adjacent to an activating group) is 1. The van der Waals surface area contributed by atoms with E-state index in [1.807, 2.05) is 57.4 Å². The highest BCUT2D eigenvalue weighted by Gasteiger charge is 2.22. The van der Waals surface area contributed by atoms with Gasteiger partial charge in [0.25, 0.3) is 5.91 Å². The third-order valence-electron chi connectivity index (χ3n) is 4.38. The van der Waals surface area contributed by atoms with Crippen LogP contribution in [0.25, 0.3) is 10.2 Å². The molecule has 3 aromatic rings. The smallest absolute Gasteiger partial charge is 0.260 e. The van der Waals surface area contributed by atoms with Crippen LogP contribution < -0.4 is 4.90 Å². The molecule has 0 unspecified atom stereocenters. The minimum absolute atomic E-state index is 0. The lowest BCUT2D eigenvalue weighted by Crippen LogP contribution is -2.36. The zero-order valence-corrected chi connectivity index (χ0v) is 20.1. The summed E-state index contributed by atoms with van der Waals surface area (Å²) in [7, 11) is 4.01. The molecule has 8 heteroatoms. The number of fused-ring (bicyclic) bond motifs is 1. The Balaban J connectivity index is 0.00000300. The van der Waals surface area contributed by atoms with Crippen molar-refractivity contribution in [2.45, 2.75) is 18.7 Å². The average molecular weight is 470 g/mol. The second-order valence-corrected chi connectivity index (χ2v) is 9.49. The van der Waals surface area contributed by atoms with Gasteiger partial charge in [0, 0.05) is 28.6 Å². The quantitative estimate of drug-likeness (QED) is 0.397. The fraction of sp³-hybridized carbons (Fsp3) is 0.333. The van der Waals surface area contributed by atoms with Crippen LogP contribution in [0.2, 0.25) is 5.02 Å². The fourth-order valence-electron chi connectivity index (χ4n) is 2.83. The van der Waals surface area contributed by atoms with Crippen LogP contribution in [0.15, 0.2) is 41.3 Å². The van der Waals surface area contributed by atoms with Crippen LogP contribution in [0.3, 0.4) is 0 Å². The Hall–Kier alpha value is -1.31. The van der Waals surface area contributed by atoms with E-state index in [0.717, 1.165) is 33.0 Å². The zero-order valence-electron chi connectivity index (χ0n) is 16.9. The molecule has 1 aromatic heterocycles. The number of amides is 1. The second-order valence-electron chi connectivity index (χ2n) is 6.74. The Bertz CT molecular complexity index is 991. The molecule has 0 aliphatic rings. The molecule has 0 saturated heterocycles. The van der Waals surface area contributed by atoms with Gasteiger partial charge in [-0.3, -0.25) is 9.69 Å². The minimum atomic E-state index is -0.0248. The predicted molar refractivity (Wildman–Crippen MR) is 130 cm³/mol. The highest BCUT2D eigenvalue weighted by Crippen LogP contribution is 2.34. The molecule has 0 radical (unpaired) electrons. The monoisotopic (exact) mass is 469 g/mol. The van der Waals surface area contributed by atoms with Crippen molar-refractivity contribution in [3.05, 3.63) is 52.5 Å². The lowest BCUT2D eigenvalue weighted by atomic mass is 10.2. The maximum absolute atomic E-state index is 13.4. The molecule has 156 valence electrons. The van der Waals surface area contributed by atoms with E-state index in [9.17, 15) is 4.79 Å². The topological polar surface area (TPSA) is 36.4 Å². The van der Waals surface area contributed by atoms with Gasteiger partial charge in [-0.2, -0.15) is 0 Å². The lowest BCUT2D eigenvalue weighted by molar-refractivity contribution is 0.0985. The van der Waals surface area contributed by atoms with Crippen molar-refractivity contribution in [3.63, 3.8) is 0 Å². The molecule has 1 amide bonds. The molecule has 4 nitrogen and oxygen atoms in total. The molecule has 0 aliphatic carbocycles. The average Bonchev–Trinajstić information content (AvgIpc) is 3.10. The number of aryl methyl sites for hydroxylation is 1.